The molecule has 0 radical (unpaired) electrons. The van der Waals surface area contributed by atoms with Crippen molar-refractivity contribution in [2.45, 2.75) is 32.0 Å². The van der Waals surface area contributed by atoms with E-state index in [1.807, 2.05) is 11.8 Å². The minimum absolute atomic E-state index is 0.129. The lowest BCUT2D eigenvalue weighted by Crippen LogP contribution is -2.45. The summed E-state index contributed by atoms with van der Waals surface area (Å²) in [4.78, 5) is 13.1. The van der Waals surface area contributed by atoms with Gasteiger partial charge in [0.1, 0.15) is 5.69 Å². The zero-order valence-electron chi connectivity index (χ0n) is 12.4. The molecule has 3 rings (SSSR count). The average Bonchev–Trinajstić information content (AvgIpc) is 3.05. The molecule has 1 spiro atoms. The van der Waals surface area contributed by atoms with Crippen LogP contribution < -0.4 is 4.90 Å². The van der Waals surface area contributed by atoms with Gasteiger partial charge in [-0.05, 0) is 6.42 Å². The third-order valence-corrected chi connectivity index (χ3v) is 4.22. The number of piperidine rings is 1. The Morgan fingerprint density at radius 3 is 2.48 bits per heavy atom. The SMILES string of the molecule is CCc1nn(C)c(N2CCC3(CC2)OCCO3)c1[N+](=O)[O-]. The van der Waals surface area contributed by atoms with E-state index >= 15 is 0 Å². The molecule has 21 heavy (non-hydrogen) atoms. The van der Waals surface area contributed by atoms with Crippen molar-refractivity contribution < 1.29 is 14.4 Å². The molecule has 0 bridgehead atoms. The molecule has 0 N–H and O–H groups in total. The van der Waals surface area contributed by atoms with E-state index in [9.17, 15) is 10.1 Å². The van der Waals surface area contributed by atoms with Crippen LogP contribution in [0.4, 0.5) is 11.5 Å². The standard InChI is InChI=1S/C13H20N4O4/c1-3-10-11(17(18)19)12(15(2)14-10)16-6-4-13(5-7-16)20-8-9-21-13/h3-9H2,1-2H3. The number of anilines is 1. The van der Waals surface area contributed by atoms with Crippen molar-refractivity contribution in [3.05, 3.63) is 15.8 Å². The van der Waals surface area contributed by atoms with Gasteiger partial charge in [-0.1, -0.05) is 6.92 Å². The minimum Gasteiger partial charge on any atom is -0.351 e. The van der Waals surface area contributed by atoms with Gasteiger partial charge in [-0.2, -0.15) is 5.10 Å². The maximum atomic E-state index is 11.4. The van der Waals surface area contributed by atoms with Crippen molar-refractivity contribution in [3.8, 4) is 0 Å². The highest BCUT2D eigenvalue weighted by atomic mass is 16.7. The van der Waals surface area contributed by atoms with Gasteiger partial charge in [0.2, 0.25) is 5.82 Å². The number of aryl methyl sites for hydroxylation is 2. The summed E-state index contributed by atoms with van der Waals surface area (Å²) >= 11 is 0. The van der Waals surface area contributed by atoms with Gasteiger partial charge in [0, 0.05) is 33.0 Å². The topological polar surface area (TPSA) is 82.7 Å². The van der Waals surface area contributed by atoms with Crippen molar-refractivity contribution in [2.24, 2.45) is 7.05 Å². The van der Waals surface area contributed by atoms with Gasteiger partial charge in [-0.15, -0.1) is 0 Å². The predicted molar refractivity (Wildman–Crippen MR) is 75.3 cm³/mol. The number of hydrogen-bond donors (Lipinski definition) is 0. The second kappa shape index (κ2) is 5.27. The number of rotatable bonds is 3. The molecule has 8 nitrogen and oxygen atoms in total. The highest BCUT2D eigenvalue weighted by Crippen LogP contribution is 2.37. The molecule has 0 atom stereocenters. The van der Waals surface area contributed by atoms with Crippen LogP contribution in [0.25, 0.3) is 0 Å². The van der Waals surface area contributed by atoms with E-state index in [4.69, 9.17) is 9.47 Å². The Morgan fingerprint density at radius 2 is 1.95 bits per heavy atom. The highest BCUT2D eigenvalue weighted by Gasteiger charge is 2.42. The fourth-order valence-corrected chi connectivity index (χ4v) is 3.18. The van der Waals surface area contributed by atoms with Crippen LogP contribution in [0.5, 0.6) is 0 Å². The molecule has 1 aromatic heterocycles. The number of nitro groups is 1. The second-order valence-electron chi connectivity index (χ2n) is 5.45. The molecule has 2 aliphatic rings. The van der Waals surface area contributed by atoms with E-state index in [1.165, 1.54) is 0 Å². The predicted octanol–water partition coefficient (Wildman–Crippen LogP) is 1.23. The van der Waals surface area contributed by atoms with Crippen LogP contribution in [0.2, 0.25) is 0 Å². The average molecular weight is 296 g/mol. The largest absolute Gasteiger partial charge is 0.351 e. The third kappa shape index (κ3) is 2.38. The summed E-state index contributed by atoms with van der Waals surface area (Å²) in [5.41, 5.74) is 0.662. The van der Waals surface area contributed by atoms with Gasteiger partial charge in [-0.3, -0.25) is 10.1 Å². The van der Waals surface area contributed by atoms with Crippen LogP contribution in [-0.4, -0.2) is 46.8 Å². The van der Waals surface area contributed by atoms with Gasteiger partial charge in [-0.25, -0.2) is 4.68 Å². The zero-order valence-corrected chi connectivity index (χ0v) is 12.4. The van der Waals surface area contributed by atoms with Crippen LogP contribution in [0.15, 0.2) is 0 Å². The van der Waals surface area contributed by atoms with E-state index in [1.54, 1.807) is 11.7 Å². The first kappa shape index (κ1) is 14.3. The fraction of sp³-hybridized carbons (Fsp3) is 0.769. The fourth-order valence-electron chi connectivity index (χ4n) is 3.18. The molecule has 2 aliphatic heterocycles. The van der Waals surface area contributed by atoms with Gasteiger partial charge < -0.3 is 14.4 Å². The smallest absolute Gasteiger partial charge is 0.334 e. The van der Waals surface area contributed by atoms with Crippen LogP contribution >= 0.6 is 0 Å². The number of hydrogen-bond acceptors (Lipinski definition) is 6. The van der Waals surface area contributed by atoms with Gasteiger partial charge in [0.05, 0.1) is 18.1 Å². The van der Waals surface area contributed by atoms with Gasteiger partial charge >= 0.3 is 5.69 Å². The highest BCUT2D eigenvalue weighted by molar-refractivity contribution is 5.61. The molecule has 8 heteroatoms. The lowest BCUT2D eigenvalue weighted by atomic mass is 10.0. The van der Waals surface area contributed by atoms with Crippen molar-refractivity contribution in [2.75, 3.05) is 31.2 Å². The summed E-state index contributed by atoms with van der Waals surface area (Å²) in [6.07, 6.45) is 1.99. The maximum absolute atomic E-state index is 11.4. The Hall–Kier alpha value is -1.67. The lowest BCUT2D eigenvalue weighted by molar-refractivity contribution is -0.384. The van der Waals surface area contributed by atoms with Gasteiger partial charge in [0.15, 0.2) is 5.79 Å². The molecule has 0 amide bonds. The van der Waals surface area contributed by atoms with Crippen molar-refractivity contribution >= 4 is 11.5 Å². The summed E-state index contributed by atoms with van der Waals surface area (Å²) in [5.74, 6) is 0.113. The zero-order chi connectivity index (χ0) is 15.0. The van der Waals surface area contributed by atoms with Gasteiger partial charge in [0.25, 0.3) is 0 Å². The number of ether oxygens (including phenoxy) is 2. The van der Waals surface area contributed by atoms with Crippen LogP contribution in [0.1, 0.15) is 25.5 Å². The van der Waals surface area contributed by atoms with Crippen LogP contribution in [-0.2, 0) is 22.9 Å². The Bertz CT molecular complexity index is 541. The van der Waals surface area contributed by atoms with Crippen molar-refractivity contribution in [3.63, 3.8) is 0 Å². The second-order valence-corrected chi connectivity index (χ2v) is 5.45. The Balaban J connectivity index is 1.85. The Labute approximate surface area is 122 Å². The Kier molecular flexibility index (Phi) is 3.58. The number of aromatic nitrogens is 2. The molecule has 0 aromatic carbocycles. The van der Waals surface area contributed by atoms with E-state index in [0.717, 1.165) is 12.8 Å². The first-order valence-electron chi connectivity index (χ1n) is 7.29. The summed E-state index contributed by atoms with van der Waals surface area (Å²) in [5, 5.41) is 15.7. The Morgan fingerprint density at radius 1 is 1.33 bits per heavy atom. The summed E-state index contributed by atoms with van der Waals surface area (Å²) in [7, 11) is 1.76. The van der Waals surface area contributed by atoms with Crippen LogP contribution in [0, 0.1) is 10.1 Å². The van der Waals surface area contributed by atoms with Crippen molar-refractivity contribution in [1.82, 2.24) is 9.78 Å². The normalized spacial score (nSPS) is 21.1. The molecule has 3 heterocycles. The summed E-state index contributed by atoms with van der Waals surface area (Å²) < 4.78 is 13.0. The molecule has 1 aromatic rings. The van der Waals surface area contributed by atoms with Crippen LogP contribution in [0.3, 0.4) is 0 Å². The van der Waals surface area contributed by atoms with E-state index in [-0.39, 0.29) is 10.6 Å². The van der Waals surface area contributed by atoms with Crippen molar-refractivity contribution in [1.29, 1.82) is 0 Å². The minimum atomic E-state index is -0.475. The first-order chi connectivity index (χ1) is 10.1. The molecule has 116 valence electrons. The lowest BCUT2D eigenvalue weighted by Gasteiger charge is -2.38. The summed E-state index contributed by atoms with van der Waals surface area (Å²) in [6, 6.07) is 0. The molecule has 0 unspecified atom stereocenters. The molecule has 0 saturated carbocycles. The first-order valence-corrected chi connectivity index (χ1v) is 7.29. The molecule has 2 fully saturated rings. The monoisotopic (exact) mass is 296 g/mol. The van der Waals surface area contributed by atoms with E-state index in [0.29, 0.717) is 44.2 Å². The maximum Gasteiger partial charge on any atom is 0.334 e. The molecule has 2 saturated heterocycles. The quantitative estimate of drug-likeness (QED) is 0.616. The molecule has 0 aliphatic carbocycles. The molecular weight excluding hydrogens is 276 g/mol. The third-order valence-electron chi connectivity index (χ3n) is 4.22. The van der Waals surface area contributed by atoms with E-state index < -0.39 is 5.79 Å². The molecular formula is C13H20N4O4. The summed E-state index contributed by atoms with van der Waals surface area (Å²) in [6.45, 7) is 4.48. The van der Waals surface area contributed by atoms with E-state index in [2.05, 4.69) is 5.10 Å². The number of nitrogens with zero attached hydrogens (tertiary/aromatic N) is 4.